The summed E-state index contributed by atoms with van der Waals surface area (Å²) in [4.78, 5) is 46.6. The van der Waals surface area contributed by atoms with Gasteiger partial charge in [-0.1, -0.05) is 0 Å². The number of phosphoric ester groups is 1. The van der Waals surface area contributed by atoms with Crippen LogP contribution in [0.5, 0.6) is 0 Å². The maximum Gasteiger partial charge on any atom is 0.469 e. The quantitative estimate of drug-likeness (QED) is 0.276. The lowest BCUT2D eigenvalue weighted by molar-refractivity contribution is -0.0753. The Bertz CT molecular complexity index is 681. The van der Waals surface area contributed by atoms with Crippen molar-refractivity contribution < 1.29 is 33.6 Å². The highest BCUT2D eigenvalue weighted by molar-refractivity contribution is 7.46. The number of aromatic nitrogens is 2. The number of aliphatic hydroxyl groups excluding tert-OH is 1. The van der Waals surface area contributed by atoms with Crippen molar-refractivity contribution in [2.24, 2.45) is 5.90 Å². The fourth-order valence-corrected chi connectivity index (χ4v) is 2.37. The van der Waals surface area contributed by atoms with Crippen LogP contribution in [0.15, 0.2) is 21.9 Å². The number of hydrogen-bond donors (Lipinski definition) is 5. The zero-order valence-electron chi connectivity index (χ0n) is 10.9. The number of nitrogens with two attached hydrogens (primary N) is 1. The van der Waals surface area contributed by atoms with Crippen LogP contribution in [0, 0.1) is 0 Å². The van der Waals surface area contributed by atoms with Crippen LogP contribution in [0.2, 0.25) is 0 Å². The van der Waals surface area contributed by atoms with E-state index in [-0.39, 0.29) is 0 Å². The molecule has 12 nitrogen and oxygen atoms in total. The zero-order chi connectivity index (χ0) is 16.5. The summed E-state index contributed by atoms with van der Waals surface area (Å²) < 4.78 is 21.1. The van der Waals surface area contributed by atoms with Crippen molar-refractivity contribution in [3.05, 3.63) is 33.1 Å². The first-order valence-electron chi connectivity index (χ1n) is 5.93. The average Bonchev–Trinajstić information content (AvgIpc) is 2.72. The Balaban J connectivity index is 2.23. The van der Waals surface area contributed by atoms with Crippen LogP contribution >= 0.6 is 7.82 Å². The third-order valence-corrected chi connectivity index (χ3v) is 3.49. The highest BCUT2D eigenvalue weighted by Crippen LogP contribution is 2.38. The van der Waals surface area contributed by atoms with Crippen molar-refractivity contribution in [1.82, 2.24) is 9.55 Å². The number of nitrogens with zero attached hydrogens (tertiary/aromatic N) is 1. The number of hydrogen-bond acceptors (Lipinski definition) is 8. The number of aromatic amines is 1. The van der Waals surface area contributed by atoms with Crippen LogP contribution in [-0.2, 0) is 18.7 Å². The Morgan fingerprint density at radius 2 is 2.14 bits per heavy atom. The van der Waals surface area contributed by atoms with E-state index >= 15 is 0 Å². The van der Waals surface area contributed by atoms with Gasteiger partial charge in [0.1, 0.15) is 12.2 Å². The van der Waals surface area contributed by atoms with Crippen LogP contribution in [0.4, 0.5) is 0 Å². The van der Waals surface area contributed by atoms with Crippen LogP contribution < -0.4 is 17.1 Å². The maximum absolute atomic E-state index is 11.7. The summed E-state index contributed by atoms with van der Waals surface area (Å²) in [5.41, 5.74) is -1.46. The zero-order valence-corrected chi connectivity index (χ0v) is 11.8. The molecule has 6 N–H and O–H groups in total. The first-order valence-corrected chi connectivity index (χ1v) is 7.46. The van der Waals surface area contributed by atoms with Gasteiger partial charge >= 0.3 is 13.5 Å². The molecular formula is C9H14N3O9P. The molecule has 4 atom stereocenters. The molecule has 1 fully saturated rings. The fourth-order valence-electron chi connectivity index (χ4n) is 2.02. The van der Waals surface area contributed by atoms with Gasteiger partial charge in [0.15, 0.2) is 12.3 Å². The van der Waals surface area contributed by atoms with Gasteiger partial charge in [0.2, 0.25) is 0 Å². The highest BCUT2D eigenvalue weighted by Gasteiger charge is 2.46. The summed E-state index contributed by atoms with van der Waals surface area (Å²) in [5, 5.41) is 9.97. The van der Waals surface area contributed by atoms with E-state index in [1.165, 1.54) is 0 Å². The normalized spacial score (nSPS) is 28.9. The van der Waals surface area contributed by atoms with Crippen LogP contribution in [0.3, 0.4) is 0 Å². The molecule has 0 aromatic carbocycles. The molecule has 2 heterocycles. The smallest absolute Gasteiger partial charge is 0.387 e. The van der Waals surface area contributed by atoms with E-state index in [2.05, 4.69) is 9.36 Å². The van der Waals surface area contributed by atoms with E-state index in [1.54, 1.807) is 0 Å². The monoisotopic (exact) mass is 339 g/mol. The van der Waals surface area contributed by atoms with E-state index in [0.717, 1.165) is 16.8 Å². The van der Waals surface area contributed by atoms with Gasteiger partial charge in [-0.3, -0.25) is 23.7 Å². The molecule has 0 bridgehead atoms. The second kappa shape index (κ2) is 6.40. The van der Waals surface area contributed by atoms with Gasteiger partial charge in [0, 0.05) is 12.3 Å². The van der Waals surface area contributed by atoms with Gasteiger partial charge in [-0.2, -0.15) is 0 Å². The van der Waals surface area contributed by atoms with Crippen LogP contribution in [-0.4, -0.2) is 49.4 Å². The molecule has 22 heavy (non-hydrogen) atoms. The molecule has 0 spiro atoms. The SMILES string of the molecule is NO[C@@H]1[C@@H](O)[C@@H](COP(=O)(O)O)O[C@H]1n1ccc(=O)[nH]c1=O. The van der Waals surface area contributed by atoms with E-state index < -0.39 is 50.2 Å². The average molecular weight is 339 g/mol. The lowest BCUT2D eigenvalue weighted by Gasteiger charge is -2.19. The standard InChI is InChI=1S/C9H14N3O9P/c10-21-7-6(14)4(3-19-22(16,17)18)20-8(7)12-2-1-5(13)11-9(12)15/h1-2,4,6-8,14H,3,10H2,(H,11,13,15)(H2,16,17,18)/t4-,6+,7-,8-/m1/s1. The summed E-state index contributed by atoms with van der Waals surface area (Å²) in [6.45, 7) is -0.653. The molecule has 1 saturated heterocycles. The number of H-pyrrole nitrogens is 1. The van der Waals surface area contributed by atoms with Gasteiger partial charge in [-0.05, 0) is 0 Å². The molecule has 0 unspecified atom stereocenters. The molecule has 13 heteroatoms. The van der Waals surface area contributed by atoms with Gasteiger partial charge in [0.25, 0.3) is 5.56 Å². The third-order valence-electron chi connectivity index (χ3n) is 3.00. The minimum Gasteiger partial charge on any atom is -0.387 e. The summed E-state index contributed by atoms with van der Waals surface area (Å²) in [5.74, 6) is 5.05. The van der Waals surface area contributed by atoms with Crippen molar-refractivity contribution in [2.75, 3.05) is 6.61 Å². The summed E-state index contributed by atoms with van der Waals surface area (Å²) in [6, 6.07) is 1.05. The lowest BCUT2D eigenvalue weighted by atomic mass is 10.1. The van der Waals surface area contributed by atoms with Crippen molar-refractivity contribution in [2.45, 2.75) is 24.5 Å². The fraction of sp³-hybridized carbons (Fsp3) is 0.556. The number of ether oxygens (including phenoxy) is 1. The Hall–Kier alpha value is -1.37. The van der Waals surface area contributed by atoms with Gasteiger partial charge in [0.05, 0.1) is 6.61 Å². The lowest BCUT2D eigenvalue weighted by Crippen LogP contribution is -2.40. The van der Waals surface area contributed by atoms with Gasteiger partial charge < -0.3 is 19.6 Å². The first kappa shape index (κ1) is 17.0. The second-order valence-corrected chi connectivity index (χ2v) is 5.70. The largest absolute Gasteiger partial charge is 0.469 e. The molecule has 0 radical (unpaired) electrons. The van der Waals surface area contributed by atoms with E-state index in [0.29, 0.717) is 0 Å². The van der Waals surface area contributed by atoms with Crippen LogP contribution in [0.1, 0.15) is 6.23 Å². The minimum absolute atomic E-state index is 0.633. The molecular weight excluding hydrogens is 325 g/mol. The topological polar surface area (TPSA) is 186 Å². The molecule has 1 aliphatic heterocycles. The highest BCUT2D eigenvalue weighted by atomic mass is 31.2. The predicted molar refractivity (Wildman–Crippen MR) is 68.3 cm³/mol. The molecule has 1 aromatic heterocycles. The molecule has 2 rings (SSSR count). The Morgan fingerprint density at radius 3 is 2.68 bits per heavy atom. The molecule has 0 amide bonds. The van der Waals surface area contributed by atoms with Crippen LogP contribution in [0.25, 0.3) is 0 Å². The number of phosphoric acid groups is 1. The molecule has 1 aromatic rings. The second-order valence-electron chi connectivity index (χ2n) is 4.46. The van der Waals surface area contributed by atoms with Gasteiger partial charge in [-0.15, -0.1) is 0 Å². The summed E-state index contributed by atoms with van der Waals surface area (Å²) in [7, 11) is -4.76. The third kappa shape index (κ3) is 3.69. The minimum atomic E-state index is -4.76. The molecule has 1 aliphatic rings. The van der Waals surface area contributed by atoms with Crippen molar-refractivity contribution >= 4 is 7.82 Å². The van der Waals surface area contributed by atoms with E-state index in [9.17, 15) is 19.3 Å². The summed E-state index contributed by atoms with van der Waals surface area (Å²) >= 11 is 0. The Morgan fingerprint density at radius 1 is 1.45 bits per heavy atom. The van der Waals surface area contributed by atoms with E-state index in [4.69, 9.17) is 20.4 Å². The maximum atomic E-state index is 11.7. The summed E-state index contributed by atoms with van der Waals surface area (Å²) in [6.07, 6.45) is -3.94. The number of aliphatic hydroxyl groups is 1. The molecule has 124 valence electrons. The number of rotatable bonds is 5. The van der Waals surface area contributed by atoms with Gasteiger partial charge in [-0.25, -0.2) is 15.3 Å². The van der Waals surface area contributed by atoms with Crippen molar-refractivity contribution in [3.8, 4) is 0 Å². The van der Waals surface area contributed by atoms with Crippen molar-refractivity contribution in [3.63, 3.8) is 0 Å². The number of nitrogens with one attached hydrogen (secondary N) is 1. The van der Waals surface area contributed by atoms with E-state index in [1.807, 2.05) is 4.98 Å². The predicted octanol–water partition coefficient (Wildman–Crippen LogP) is -2.84. The molecule has 0 saturated carbocycles. The Labute approximate surface area is 122 Å². The van der Waals surface area contributed by atoms with Crippen molar-refractivity contribution in [1.29, 1.82) is 0 Å². The molecule has 0 aliphatic carbocycles. The first-order chi connectivity index (χ1) is 10.2. The Kier molecular flexibility index (Phi) is 4.94.